The van der Waals surface area contributed by atoms with E-state index in [1.807, 2.05) is 25.1 Å². The molecular formula is C12H15NO4. The van der Waals surface area contributed by atoms with Crippen LogP contribution in [0.15, 0.2) is 18.2 Å². The van der Waals surface area contributed by atoms with Crippen molar-refractivity contribution in [3.8, 4) is 11.5 Å². The molecule has 5 heteroatoms. The van der Waals surface area contributed by atoms with E-state index in [0.29, 0.717) is 19.4 Å². The molecule has 1 N–H and O–H groups in total. The molecule has 0 atom stereocenters. The molecule has 5 nitrogen and oxygen atoms in total. The highest BCUT2D eigenvalue weighted by Crippen LogP contribution is 2.32. The number of carbonyl (C=O) groups excluding carboxylic acids is 1. The van der Waals surface area contributed by atoms with Crippen molar-refractivity contribution < 1.29 is 19.1 Å². The minimum absolute atomic E-state index is 0.121. The van der Waals surface area contributed by atoms with Gasteiger partial charge in [-0.25, -0.2) is 5.48 Å². The summed E-state index contributed by atoms with van der Waals surface area (Å²) in [7, 11) is 0. The number of fused-ring (bicyclic) bond motifs is 1. The Morgan fingerprint density at radius 2 is 2.24 bits per heavy atom. The number of ether oxygens (including phenoxy) is 2. The molecule has 1 aliphatic rings. The Morgan fingerprint density at radius 3 is 3.06 bits per heavy atom. The number of hydrogen-bond acceptors (Lipinski definition) is 4. The summed E-state index contributed by atoms with van der Waals surface area (Å²) in [5.74, 6) is 1.38. The highest BCUT2D eigenvalue weighted by atomic mass is 16.7. The zero-order valence-electron chi connectivity index (χ0n) is 9.69. The number of hydrogen-bond donors (Lipinski definition) is 1. The second-order valence-electron chi connectivity index (χ2n) is 3.65. The van der Waals surface area contributed by atoms with E-state index in [4.69, 9.17) is 14.3 Å². The average Bonchev–Trinajstić information content (AvgIpc) is 2.81. The van der Waals surface area contributed by atoms with E-state index in [9.17, 15) is 4.79 Å². The van der Waals surface area contributed by atoms with E-state index < -0.39 is 0 Å². The number of benzene rings is 1. The maximum absolute atomic E-state index is 11.3. The zero-order valence-corrected chi connectivity index (χ0v) is 9.69. The van der Waals surface area contributed by atoms with Crippen LogP contribution in [0.2, 0.25) is 0 Å². The summed E-state index contributed by atoms with van der Waals surface area (Å²) in [4.78, 5) is 16.1. The van der Waals surface area contributed by atoms with Crippen molar-refractivity contribution >= 4 is 5.91 Å². The number of rotatable bonds is 5. The van der Waals surface area contributed by atoms with Gasteiger partial charge in [-0.05, 0) is 31.0 Å². The van der Waals surface area contributed by atoms with E-state index in [1.165, 1.54) is 0 Å². The van der Waals surface area contributed by atoms with Gasteiger partial charge in [-0.3, -0.25) is 9.63 Å². The van der Waals surface area contributed by atoms with Crippen LogP contribution in [-0.2, 0) is 16.1 Å². The average molecular weight is 237 g/mol. The molecule has 0 bridgehead atoms. The van der Waals surface area contributed by atoms with Gasteiger partial charge < -0.3 is 9.47 Å². The molecule has 0 saturated carbocycles. The van der Waals surface area contributed by atoms with Gasteiger partial charge in [-0.15, -0.1) is 0 Å². The largest absolute Gasteiger partial charge is 0.454 e. The maximum atomic E-state index is 11.3. The number of amides is 1. The molecule has 0 spiro atoms. The fourth-order valence-corrected chi connectivity index (χ4v) is 1.56. The Balaban J connectivity index is 1.85. The molecule has 17 heavy (non-hydrogen) atoms. The number of nitrogens with one attached hydrogen (secondary N) is 1. The van der Waals surface area contributed by atoms with E-state index in [1.54, 1.807) is 0 Å². The second kappa shape index (κ2) is 5.54. The minimum Gasteiger partial charge on any atom is -0.454 e. The van der Waals surface area contributed by atoms with Gasteiger partial charge in [-0.2, -0.15) is 0 Å². The quantitative estimate of drug-likeness (QED) is 0.787. The van der Waals surface area contributed by atoms with Crippen molar-refractivity contribution in [1.29, 1.82) is 0 Å². The first-order valence-corrected chi connectivity index (χ1v) is 5.58. The lowest BCUT2D eigenvalue weighted by molar-refractivity contribution is -0.133. The predicted octanol–water partition coefficient (Wildman–Crippen LogP) is 1.42. The molecule has 2 rings (SSSR count). The van der Waals surface area contributed by atoms with Crippen molar-refractivity contribution in [1.82, 2.24) is 5.48 Å². The SMILES string of the molecule is CCONC(=O)CCc1ccc2c(c1)OCO2. The molecule has 1 aromatic rings. The Bertz CT molecular complexity index is 405. The monoisotopic (exact) mass is 237 g/mol. The van der Waals surface area contributed by atoms with Crippen LogP contribution in [0, 0.1) is 0 Å². The lowest BCUT2D eigenvalue weighted by atomic mass is 10.1. The van der Waals surface area contributed by atoms with Crippen LogP contribution in [0.4, 0.5) is 0 Å². The lowest BCUT2D eigenvalue weighted by Gasteiger charge is -2.04. The third kappa shape index (κ3) is 3.10. The van der Waals surface area contributed by atoms with Gasteiger partial charge in [-0.1, -0.05) is 6.07 Å². The van der Waals surface area contributed by atoms with Crippen LogP contribution in [0.25, 0.3) is 0 Å². The summed E-state index contributed by atoms with van der Waals surface area (Å²) in [6.45, 7) is 2.55. The first-order chi connectivity index (χ1) is 8.29. The molecule has 1 aliphatic heterocycles. The van der Waals surface area contributed by atoms with E-state index >= 15 is 0 Å². The maximum Gasteiger partial charge on any atom is 0.243 e. The molecule has 0 radical (unpaired) electrons. The van der Waals surface area contributed by atoms with Crippen LogP contribution in [0.3, 0.4) is 0 Å². The summed E-state index contributed by atoms with van der Waals surface area (Å²) < 4.78 is 10.5. The summed E-state index contributed by atoms with van der Waals surface area (Å²) >= 11 is 0. The first-order valence-electron chi connectivity index (χ1n) is 5.58. The standard InChI is InChI=1S/C12H15NO4/c1-2-17-13-12(14)6-4-9-3-5-10-11(7-9)16-8-15-10/h3,5,7H,2,4,6,8H2,1H3,(H,13,14). The van der Waals surface area contributed by atoms with Gasteiger partial charge in [0.1, 0.15) is 0 Å². The second-order valence-corrected chi connectivity index (χ2v) is 3.65. The Morgan fingerprint density at radius 1 is 1.41 bits per heavy atom. The third-order valence-corrected chi connectivity index (χ3v) is 2.41. The fourth-order valence-electron chi connectivity index (χ4n) is 1.56. The minimum atomic E-state index is -0.121. The molecule has 92 valence electrons. The summed E-state index contributed by atoms with van der Waals surface area (Å²) in [6.07, 6.45) is 1.04. The van der Waals surface area contributed by atoms with Gasteiger partial charge in [0.25, 0.3) is 0 Å². The smallest absolute Gasteiger partial charge is 0.243 e. The number of aryl methyl sites for hydroxylation is 1. The van der Waals surface area contributed by atoms with E-state index in [0.717, 1.165) is 17.1 Å². The van der Waals surface area contributed by atoms with Crippen molar-refractivity contribution in [2.45, 2.75) is 19.8 Å². The molecule has 0 fully saturated rings. The Hall–Kier alpha value is -1.75. The molecule has 1 aromatic carbocycles. The number of carbonyl (C=O) groups is 1. The molecular weight excluding hydrogens is 222 g/mol. The highest BCUT2D eigenvalue weighted by molar-refractivity contribution is 5.75. The molecule has 0 unspecified atom stereocenters. The van der Waals surface area contributed by atoms with Gasteiger partial charge in [0.05, 0.1) is 6.61 Å². The summed E-state index contributed by atoms with van der Waals surface area (Å²) in [6, 6.07) is 5.69. The van der Waals surface area contributed by atoms with Gasteiger partial charge in [0, 0.05) is 6.42 Å². The molecule has 1 amide bonds. The molecule has 0 saturated heterocycles. The van der Waals surface area contributed by atoms with Crippen LogP contribution >= 0.6 is 0 Å². The number of hydroxylamine groups is 1. The van der Waals surface area contributed by atoms with Gasteiger partial charge >= 0.3 is 0 Å². The fraction of sp³-hybridized carbons (Fsp3) is 0.417. The Labute approximate surface area is 99.6 Å². The van der Waals surface area contributed by atoms with Crippen molar-refractivity contribution in [3.63, 3.8) is 0 Å². The van der Waals surface area contributed by atoms with E-state index in [-0.39, 0.29) is 12.7 Å². The highest BCUT2D eigenvalue weighted by Gasteiger charge is 2.13. The molecule has 0 aliphatic carbocycles. The van der Waals surface area contributed by atoms with Crippen molar-refractivity contribution in [2.75, 3.05) is 13.4 Å². The van der Waals surface area contributed by atoms with Crippen LogP contribution in [0.5, 0.6) is 11.5 Å². The van der Waals surface area contributed by atoms with Gasteiger partial charge in [0.15, 0.2) is 11.5 Å². The molecule has 0 aromatic heterocycles. The van der Waals surface area contributed by atoms with Crippen molar-refractivity contribution in [3.05, 3.63) is 23.8 Å². The van der Waals surface area contributed by atoms with Gasteiger partial charge in [0.2, 0.25) is 12.7 Å². The first kappa shape index (κ1) is 11.7. The Kier molecular flexibility index (Phi) is 3.82. The van der Waals surface area contributed by atoms with Crippen LogP contribution in [-0.4, -0.2) is 19.3 Å². The summed E-state index contributed by atoms with van der Waals surface area (Å²) in [5, 5.41) is 0. The normalized spacial score (nSPS) is 12.5. The topological polar surface area (TPSA) is 56.8 Å². The predicted molar refractivity (Wildman–Crippen MR) is 60.7 cm³/mol. The lowest BCUT2D eigenvalue weighted by Crippen LogP contribution is -2.23. The van der Waals surface area contributed by atoms with Crippen LogP contribution < -0.4 is 15.0 Å². The summed E-state index contributed by atoms with van der Waals surface area (Å²) in [5.41, 5.74) is 3.40. The van der Waals surface area contributed by atoms with Crippen molar-refractivity contribution in [2.24, 2.45) is 0 Å². The molecule has 1 heterocycles. The zero-order chi connectivity index (χ0) is 12.1. The van der Waals surface area contributed by atoms with E-state index in [2.05, 4.69) is 5.48 Å². The van der Waals surface area contributed by atoms with Crippen LogP contribution in [0.1, 0.15) is 18.9 Å². The third-order valence-electron chi connectivity index (χ3n) is 2.41.